The molecule has 4 N–H and O–H groups in total. The number of phosphoric acid groups is 1. The Balaban J connectivity index is 4.76. The third-order valence-corrected chi connectivity index (χ3v) is 9.47. The molecule has 9 nitrogen and oxygen atoms in total. The Morgan fingerprint density at radius 3 is 1.80 bits per heavy atom. The lowest BCUT2D eigenvalue weighted by molar-refractivity contribution is -0.870. The van der Waals surface area contributed by atoms with Gasteiger partial charge in [-0.1, -0.05) is 157 Å². The molecule has 0 aliphatic carbocycles. The van der Waals surface area contributed by atoms with Gasteiger partial charge >= 0.3 is 7.82 Å². The highest BCUT2D eigenvalue weighted by molar-refractivity contribution is 7.47. The van der Waals surface area contributed by atoms with Crippen LogP contribution in [0.2, 0.25) is 0 Å². The third-order valence-electron chi connectivity index (χ3n) is 8.49. The Bertz CT molecular complexity index is 1170. The number of carbonyl (C=O) groups excluding carboxylic acids is 1. The van der Waals surface area contributed by atoms with Crippen molar-refractivity contribution in [1.29, 1.82) is 0 Å². The molecule has 54 heavy (non-hydrogen) atoms. The number of aliphatic hydroxyl groups is 2. The smallest absolute Gasteiger partial charge is 0.389 e. The van der Waals surface area contributed by atoms with Gasteiger partial charge in [-0.15, -0.1) is 0 Å². The Labute approximate surface area is 329 Å². The van der Waals surface area contributed by atoms with Gasteiger partial charge in [-0.2, -0.15) is 0 Å². The summed E-state index contributed by atoms with van der Waals surface area (Å²) in [4.78, 5) is 23.0. The van der Waals surface area contributed by atoms with E-state index in [1.165, 1.54) is 51.4 Å². The Hall–Kier alpha value is -2.36. The zero-order chi connectivity index (χ0) is 40.2. The van der Waals surface area contributed by atoms with Crippen LogP contribution in [0.3, 0.4) is 0 Å². The number of aliphatic hydroxyl groups excluding tert-OH is 2. The average molecular weight is 778 g/mol. The summed E-state index contributed by atoms with van der Waals surface area (Å²) in [6.45, 7) is 4.46. The number of nitrogens with zero attached hydrogens (tertiary/aromatic N) is 1. The fourth-order valence-electron chi connectivity index (χ4n) is 5.15. The molecule has 0 rings (SSSR count). The quantitative estimate of drug-likeness (QED) is 0.0166. The molecular formula is C44H78N2O7P+. The van der Waals surface area contributed by atoms with Crippen LogP contribution in [0.1, 0.15) is 129 Å². The van der Waals surface area contributed by atoms with E-state index >= 15 is 0 Å². The van der Waals surface area contributed by atoms with Crippen LogP contribution in [0.15, 0.2) is 85.1 Å². The van der Waals surface area contributed by atoms with E-state index in [2.05, 4.69) is 67.8 Å². The van der Waals surface area contributed by atoms with Gasteiger partial charge in [0.25, 0.3) is 0 Å². The number of hydrogen-bond acceptors (Lipinski definition) is 6. The van der Waals surface area contributed by atoms with E-state index in [1.54, 1.807) is 18.2 Å². The second-order valence-corrected chi connectivity index (χ2v) is 16.3. The van der Waals surface area contributed by atoms with E-state index < -0.39 is 38.6 Å². The molecule has 0 aromatic rings. The number of quaternary nitrogens is 1. The summed E-state index contributed by atoms with van der Waals surface area (Å²) in [6, 6.07) is -0.974. The summed E-state index contributed by atoms with van der Waals surface area (Å²) in [5, 5.41) is 24.0. The molecule has 0 radical (unpaired) electrons. The van der Waals surface area contributed by atoms with Crippen LogP contribution in [0.5, 0.6) is 0 Å². The van der Waals surface area contributed by atoms with Crippen molar-refractivity contribution in [2.75, 3.05) is 40.9 Å². The molecule has 10 heteroatoms. The molecule has 0 heterocycles. The maximum atomic E-state index is 12.8. The minimum absolute atomic E-state index is 0.000499. The van der Waals surface area contributed by atoms with E-state index in [0.29, 0.717) is 11.0 Å². The molecular weight excluding hydrogens is 699 g/mol. The van der Waals surface area contributed by atoms with Crippen LogP contribution in [0.4, 0.5) is 0 Å². The number of unbranched alkanes of at least 4 members (excludes halogenated alkanes) is 10. The van der Waals surface area contributed by atoms with Crippen molar-refractivity contribution in [3.05, 3.63) is 85.1 Å². The highest BCUT2D eigenvalue weighted by atomic mass is 31.2. The van der Waals surface area contributed by atoms with Gasteiger partial charge in [0.05, 0.1) is 46.0 Å². The monoisotopic (exact) mass is 778 g/mol. The Kier molecular flexibility index (Phi) is 33.5. The van der Waals surface area contributed by atoms with Gasteiger partial charge in [-0.05, 0) is 51.4 Å². The molecule has 0 fully saturated rings. The molecule has 2 unspecified atom stereocenters. The SMILES string of the molecule is CC/C=C\C/C=C\C/C=C\C/C=C\C/C=C\C=C/C(O)CCC(=O)N[C@@H](COP(=O)(O)OCC[N+](C)(C)C)[C@H](O)/C=C/CCCCCCCCCCCC. The zero-order valence-corrected chi connectivity index (χ0v) is 35.4. The second-order valence-electron chi connectivity index (χ2n) is 14.8. The molecule has 310 valence electrons. The maximum absolute atomic E-state index is 12.8. The van der Waals surface area contributed by atoms with E-state index in [0.717, 1.165) is 51.4 Å². The molecule has 0 aromatic carbocycles. The summed E-state index contributed by atoms with van der Waals surface area (Å²) in [7, 11) is 1.41. The lowest BCUT2D eigenvalue weighted by Crippen LogP contribution is -2.45. The summed E-state index contributed by atoms with van der Waals surface area (Å²) in [5.41, 5.74) is 0. The summed E-state index contributed by atoms with van der Waals surface area (Å²) >= 11 is 0. The van der Waals surface area contributed by atoms with Crippen LogP contribution in [0.25, 0.3) is 0 Å². The minimum Gasteiger partial charge on any atom is -0.389 e. The van der Waals surface area contributed by atoms with Crippen molar-refractivity contribution in [3.63, 3.8) is 0 Å². The normalized spacial score (nSPS) is 15.9. The number of likely N-dealkylation sites (N-methyl/N-ethyl adjacent to an activating group) is 1. The predicted octanol–water partition coefficient (Wildman–Crippen LogP) is 9.99. The Morgan fingerprint density at radius 2 is 1.24 bits per heavy atom. The number of amides is 1. The molecule has 1 amide bonds. The van der Waals surface area contributed by atoms with E-state index in [9.17, 15) is 24.5 Å². The van der Waals surface area contributed by atoms with Crippen LogP contribution in [0, 0.1) is 0 Å². The van der Waals surface area contributed by atoms with E-state index in [-0.39, 0.29) is 19.4 Å². The predicted molar refractivity (Wildman–Crippen MR) is 227 cm³/mol. The summed E-state index contributed by atoms with van der Waals surface area (Å²) < 4.78 is 23.4. The van der Waals surface area contributed by atoms with Crippen molar-refractivity contribution < 1.29 is 38.0 Å². The first-order valence-electron chi connectivity index (χ1n) is 20.6. The van der Waals surface area contributed by atoms with Gasteiger partial charge in [0, 0.05) is 6.42 Å². The van der Waals surface area contributed by atoms with Gasteiger partial charge in [-0.3, -0.25) is 13.8 Å². The molecule has 0 aliphatic heterocycles. The van der Waals surface area contributed by atoms with Crippen LogP contribution < -0.4 is 5.32 Å². The molecule has 0 aromatic heterocycles. The first-order chi connectivity index (χ1) is 25.9. The molecule has 0 spiro atoms. The fraction of sp³-hybridized carbons (Fsp3) is 0.659. The number of phosphoric ester groups is 1. The minimum atomic E-state index is -4.40. The zero-order valence-electron chi connectivity index (χ0n) is 34.5. The number of rotatable bonds is 35. The maximum Gasteiger partial charge on any atom is 0.472 e. The summed E-state index contributed by atoms with van der Waals surface area (Å²) in [5.74, 6) is -0.410. The standard InChI is InChI=1S/C44H77N2O7P/c1-6-8-10-12-14-16-18-20-21-22-23-24-26-28-30-32-34-41(47)36-37-44(49)45-42(40-53-54(50,51)52-39-38-46(3,4)5)43(48)35-33-31-29-27-25-19-17-15-13-11-9-7-2/h8,10,14,16,20-21,23-24,28,30,32-35,41-43,47-48H,6-7,9,11-13,15,17-19,22,25-27,29,31,36-40H2,1-5H3,(H-,45,49,50,51)/p+1/b10-8-,16-14-,21-20-,24-23-,30-28-,34-32-,35-33+/t41?,42-,43+/m0/s1. The Morgan fingerprint density at radius 1 is 0.704 bits per heavy atom. The number of hydrogen-bond donors (Lipinski definition) is 4. The van der Waals surface area contributed by atoms with Crippen molar-refractivity contribution in [2.24, 2.45) is 0 Å². The molecule has 0 aliphatic rings. The first-order valence-corrected chi connectivity index (χ1v) is 22.1. The van der Waals surface area contributed by atoms with Crippen LogP contribution >= 0.6 is 7.82 Å². The second kappa shape index (κ2) is 35.1. The van der Waals surface area contributed by atoms with Crippen LogP contribution in [-0.4, -0.2) is 84.6 Å². The van der Waals surface area contributed by atoms with Gasteiger partial charge in [0.15, 0.2) is 0 Å². The van der Waals surface area contributed by atoms with E-state index in [4.69, 9.17) is 9.05 Å². The first kappa shape index (κ1) is 51.6. The number of allylic oxidation sites excluding steroid dienone is 12. The number of carbonyl (C=O) groups is 1. The fourth-order valence-corrected chi connectivity index (χ4v) is 5.88. The molecule has 0 bridgehead atoms. The van der Waals surface area contributed by atoms with Crippen molar-refractivity contribution in [3.8, 4) is 0 Å². The molecule has 0 saturated heterocycles. The van der Waals surface area contributed by atoms with Crippen LogP contribution in [-0.2, 0) is 18.4 Å². The van der Waals surface area contributed by atoms with Gasteiger partial charge in [0.2, 0.25) is 5.91 Å². The molecule has 4 atom stereocenters. The van der Waals surface area contributed by atoms with Crippen molar-refractivity contribution in [1.82, 2.24) is 5.32 Å². The van der Waals surface area contributed by atoms with Gasteiger partial charge < -0.3 is 24.9 Å². The largest absolute Gasteiger partial charge is 0.472 e. The topological polar surface area (TPSA) is 125 Å². The third kappa shape index (κ3) is 36.6. The van der Waals surface area contributed by atoms with Crippen molar-refractivity contribution in [2.45, 2.75) is 148 Å². The highest BCUT2D eigenvalue weighted by Crippen LogP contribution is 2.43. The average Bonchev–Trinajstić information content (AvgIpc) is 3.12. The van der Waals surface area contributed by atoms with Gasteiger partial charge in [-0.25, -0.2) is 4.57 Å². The highest BCUT2D eigenvalue weighted by Gasteiger charge is 2.28. The van der Waals surface area contributed by atoms with Gasteiger partial charge in [0.1, 0.15) is 13.2 Å². The van der Waals surface area contributed by atoms with E-state index in [1.807, 2.05) is 39.4 Å². The summed E-state index contributed by atoms with van der Waals surface area (Å²) in [6.07, 6.45) is 44.0. The molecule has 0 saturated carbocycles. The lowest BCUT2D eigenvalue weighted by atomic mass is 10.1. The van der Waals surface area contributed by atoms with Crippen molar-refractivity contribution >= 4 is 13.7 Å². The number of nitrogens with one attached hydrogen (secondary N) is 1. The lowest BCUT2D eigenvalue weighted by Gasteiger charge is -2.25.